The highest BCUT2D eigenvalue weighted by molar-refractivity contribution is 5.75. The molecule has 2 aromatic carbocycles. The number of aliphatic imine (C=N–C) groups is 1. The number of allylic oxidation sites excluding steroid dienone is 3. The molecule has 0 fully saturated rings. The molecule has 0 saturated heterocycles. The summed E-state index contributed by atoms with van der Waals surface area (Å²) in [6.45, 7) is 0.398. The summed E-state index contributed by atoms with van der Waals surface area (Å²) in [7, 11) is 3.35. The van der Waals surface area contributed by atoms with E-state index in [1.54, 1.807) is 14.2 Å². The van der Waals surface area contributed by atoms with Gasteiger partial charge in [0, 0.05) is 5.92 Å². The molecular formula is C23H24N2O3. The summed E-state index contributed by atoms with van der Waals surface area (Å²) in [5.41, 5.74) is 8.75. The van der Waals surface area contributed by atoms with E-state index < -0.39 is 5.54 Å². The first-order chi connectivity index (χ1) is 13.6. The van der Waals surface area contributed by atoms with Crippen LogP contribution in [0.1, 0.15) is 23.5 Å². The van der Waals surface area contributed by atoms with Crippen LogP contribution in [-0.2, 0) is 10.3 Å². The smallest absolute Gasteiger partial charge is 0.283 e. The lowest BCUT2D eigenvalue weighted by Gasteiger charge is -2.31. The molecule has 0 aromatic heterocycles. The first-order valence-electron chi connectivity index (χ1n) is 9.29. The molecule has 2 unspecified atom stereocenters. The van der Waals surface area contributed by atoms with Gasteiger partial charge in [0.25, 0.3) is 6.02 Å². The van der Waals surface area contributed by atoms with E-state index in [1.807, 2.05) is 36.4 Å². The van der Waals surface area contributed by atoms with Gasteiger partial charge < -0.3 is 19.9 Å². The molecule has 2 aliphatic rings. The zero-order chi connectivity index (χ0) is 19.6. The third kappa shape index (κ3) is 3.24. The van der Waals surface area contributed by atoms with Gasteiger partial charge in [0.05, 0.1) is 14.2 Å². The number of hydrogen-bond acceptors (Lipinski definition) is 5. The van der Waals surface area contributed by atoms with Crippen molar-refractivity contribution in [3.05, 3.63) is 83.5 Å². The first-order valence-corrected chi connectivity index (χ1v) is 9.29. The van der Waals surface area contributed by atoms with Gasteiger partial charge >= 0.3 is 0 Å². The summed E-state index contributed by atoms with van der Waals surface area (Å²) in [6.07, 6.45) is 7.27. The summed E-state index contributed by atoms with van der Waals surface area (Å²) in [5, 5.41) is 0. The van der Waals surface area contributed by atoms with Crippen LogP contribution in [-0.4, -0.2) is 26.8 Å². The van der Waals surface area contributed by atoms with Crippen molar-refractivity contribution in [1.82, 2.24) is 0 Å². The molecule has 2 N–H and O–H groups in total. The number of nitrogens with zero attached hydrogens (tertiary/aromatic N) is 1. The van der Waals surface area contributed by atoms with Gasteiger partial charge in [-0.2, -0.15) is 0 Å². The Morgan fingerprint density at radius 3 is 2.54 bits per heavy atom. The second-order valence-corrected chi connectivity index (χ2v) is 6.99. The van der Waals surface area contributed by atoms with Gasteiger partial charge in [-0.3, -0.25) is 0 Å². The Morgan fingerprint density at radius 1 is 1.07 bits per heavy atom. The predicted octanol–water partition coefficient (Wildman–Crippen LogP) is 3.91. The van der Waals surface area contributed by atoms with Crippen molar-refractivity contribution >= 4 is 6.02 Å². The van der Waals surface area contributed by atoms with Crippen molar-refractivity contribution in [2.24, 2.45) is 10.7 Å². The van der Waals surface area contributed by atoms with Crippen molar-refractivity contribution in [3.63, 3.8) is 0 Å². The summed E-state index contributed by atoms with van der Waals surface area (Å²) >= 11 is 0. The van der Waals surface area contributed by atoms with E-state index >= 15 is 0 Å². The van der Waals surface area contributed by atoms with Gasteiger partial charge in [-0.25, -0.2) is 4.99 Å². The molecule has 5 heteroatoms. The minimum atomic E-state index is -0.613. The van der Waals surface area contributed by atoms with Crippen LogP contribution in [0.2, 0.25) is 0 Å². The minimum Gasteiger partial charge on any atom is -0.497 e. The molecule has 0 radical (unpaired) electrons. The number of hydrogen-bond donors (Lipinski definition) is 1. The quantitative estimate of drug-likeness (QED) is 0.859. The Morgan fingerprint density at radius 2 is 1.86 bits per heavy atom. The zero-order valence-corrected chi connectivity index (χ0v) is 16.1. The number of rotatable bonds is 5. The third-order valence-corrected chi connectivity index (χ3v) is 5.43. The Labute approximate surface area is 165 Å². The monoisotopic (exact) mass is 376 g/mol. The van der Waals surface area contributed by atoms with E-state index in [-0.39, 0.29) is 11.9 Å². The normalized spacial score (nSPS) is 23.6. The highest BCUT2D eigenvalue weighted by atomic mass is 16.5. The number of benzene rings is 2. The Kier molecular flexibility index (Phi) is 4.82. The lowest BCUT2D eigenvalue weighted by molar-refractivity contribution is 0.272. The Hall–Kier alpha value is -3.21. The number of methoxy groups -OCH3 is 2. The van der Waals surface area contributed by atoms with Crippen LogP contribution in [0.15, 0.2) is 77.3 Å². The molecule has 0 bridgehead atoms. The second kappa shape index (κ2) is 7.43. The number of ether oxygens (including phenoxy) is 3. The minimum absolute atomic E-state index is 0.226. The third-order valence-electron chi connectivity index (χ3n) is 5.43. The summed E-state index contributed by atoms with van der Waals surface area (Å²) in [6, 6.07) is 16.4. The van der Waals surface area contributed by atoms with E-state index in [0.717, 1.165) is 23.5 Å². The molecule has 0 saturated carbocycles. The summed E-state index contributed by atoms with van der Waals surface area (Å²) in [5.74, 6) is 1.90. The van der Waals surface area contributed by atoms with Gasteiger partial charge in [0.1, 0.15) is 23.6 Å². The van der Waals surface area contributed by atoms with Crippen molar-refractivity contribution in [2.45, 2.75) is 17.9 Å². The molecule has 0 amide bonds. The lowest BCUT2D eigenvalue weighted by atomic mass is 9.76. The summed E-state index contributed by atoms with van der Waals surface area (Å²) < 4.78 is 16.3. The van der Waals surface area contributed by atoms with Gasteiger partial charge in [0.2, 0.25) is 0 Å². The largest absolute Gasteiger partial charge is 0.497 e. The van der Waals surface area contributed by atoms with Crippen molar-refractivity contribution < 1.29 is 14.2 Å². The predicted molar refractivity (Wildman–Crippen MR) is 110 cm³/mol. The molecular weight excluding hydrogens is 352 g/mol. The molecule has 0 spiro atoms. The SMILES string of the molecule is COc1ccc(C2(C3=CC=CC(c4cccc(OC)c4)C3)COC(N)=N2)cc1. The van der Waals surface area contributed by atoms with Crippen molar-refractivity contribution in [1.29, 1.82) is 0 Å². The van der Waals surface area contributed by atoms with Crippen LogP contribution in [0.3, 0.4) is 0 Å². The van der Waals surface area contributed by atoms with E-state index in [1.165, 1.54) is 11.1 Å². The molecule has 1 aliphatic carbocycles. The summed E-state index contributed by atoms with van der Waals surface area (Å²) in [4.78, 5) is 4.74. The van der Waals surface area contributed by atoms with Crippen LogP contribution >= 0.6 is 0 Å². The molecule has 144 valence electrons. The van der Waals surface area contributed by atoms with Gasteiger partial charge in [-0.05, 0) is 47.4 Å². The standard InChI is InChI=1S/C23H24N2O3/c1-26-20-11-9-18(10-12-20)23(15-28-22(24)25-23)19-7-3-5-16(13-19)17-6-4-8-21(14-17)27-2/h3-12,14,16H,13,15H2,1-2H3,(H2,24,25). The van der Waals surface area contributed by atoms with E-state index in [9.17, 15) is 0 Å². The molecule has 2 aromatic rings. The average Bonchev–Trinajstić information content (AvgIpc) is 3.17. The molecule has 1 aliphatic heterocycles. The zero-order valence-electron chi connectivity index (χ0n) is 16.1. The maximum absolute atomic E-state index is 5.94. The maximum atomic E-state index is 5.94. The topological polar surface area (TPSA) is 66.1 Å². The first kappa shape index (κ1) is 18.2. The maximum Gasteiger partial charge on any atom is 0.283 e. The van der Waals surface area contributed by atoms with Gasteiger partial charge in [-0.15, -0.1) is 0 Å². The number of nitrogens with two attached hydrogens (primary N) is 1. The molecule has 1 heterocycles. The van der Waals surface area contributed by atoms with Gasteiger partial charge in [0.15, 0.2) is 0 Å². The van der Waals surface area contributed by atoms with Crippen LogP contribution in [0.25, 0.3) is 0 Å². The fourth-order valence-electron chi connectivity index (χ4n) is 3.88. The van der Waals surface area contributed by atoms with Crippen LogP contribution in [0, 0.1) is 0 Å². The Balaban J connectivity index is 1.69. The molecule has 28 heavy (non-hydrogen) atoms. The average molecular weight is 376 g/mol. The molecule has 4 rings (SSSR count). The van der Waals surface area contributed by atoms with Crippen LogP contribution in [0.5, 0.6) is 11.5 Å². The fraction of sp³-hybridized carbons (Fsp3) is 0.261. The molecule has 2 atom stereocenters. The van der Waals surface area contributed by atoms with Gasteiger partial charge in [-0.1, -0.05) is 42.5 Å². The lowest BCUT2D eigenvalue weighted by Crippen LogP contribution is -2.30. The van der Waals surface area contributed by atoms with Crippen molar-refractivity contribution in [3.8, 4) is 11.5 Å². The highest BCUT2D eigenvalue weighted by Crippen LogP contribution is 2.44. The van der Waals surface area contributed by atoms with E-state index in [4.69, 9.17) is 24.9 Å². The second-order valence-electron chi connectivity index (χ2n) is 6.99. The van der Waals surface area contributed by atoms with Crippen molar-refractivity contribution in [2.75, 3.05) is 20.8 Å². The van der Waals surface area contributed by atoms with E-state index in [0.29, 0.717) is 6.61 Å². The van der Waals surface area contributed by atoms with E-state index in [2.05, 4.69) is 30.4 Å². The Bertz CT molecular complexity index is 947. The number of amidine groups is 1. The van der Waals surface area contributed by atoms with Crippen LogP contribution < -0.4 is 15.2 Å². The molecule has 5 nitrogen and oxygen atoms in total. The van der Waals surface area contributed by atoms with Crippen LogP contribution in [0.4, 0.5) is 0 Å². The highest BCUT2D eigenvalue weighted by Gasteiger charge is 2.42. The fourth-order valence-corrected chi connectivity index (χ4v) is 3.88.